The molecule has 0 N–H and O–H groups in total. The second kappa shape index (κ2) is 6.83. The molecule has 0 heterocycles. The summed E-state index contributed by atoms with van der Waals surface area (Å²) in [5.74, 6) is -1.99. The maximum absolute atomic E-state index is 13.5. The molecule has 108 valence electrons. The summed E-state index contributed by atoms with van der Waals surface area (Å²) in [6.45, 7) is -0.466. The minimum Gasteiger partial charge on any atom is -0.454 e. The SMILES string of the molecule is O=C(COC(=O)c1cc(Br)ccc1F)c1ccc(Cl)cc1. The molecular formula is C15H9BrClFO3. The topological polar surface area (TPSA) is 43.4 Å². The van der Waals surface area contributed by atoms with Crippen molar-refractivity contribution in [2.45, 2.75) is 0 Å². The number of halogens is 3. The van der Waals surface area contributed by atoms with Gasteiger partial charge < -0.3 is 4.74 Å². The van der Waals surface area contributed by atoms with Crippen LogP contribution in [0.4, 0.5) is 4.39 Å². The number of rotatable bonds is 4. The van der Waals surface area contributed by atoms with Crippen LogP contribution in [-0.4, -0.2) is 18.4 Å². The molecule has 0 amide bonds. The average Bonchev–Trinajstić information content (AvgIpc) is 2.47. The number of hydrogen-bond acceptors (Lipinski definition) is 3. The summed E-state index contributed by atoms with van der Waals surface area (Å²) in [4.78, 5) is 23.6. The predicted octanol–water partition coefficient (Wildman–Crippen LogP) is 4.28. The molecule has 2 rings (SSSR count). The van der Waals surface area contributed by atoms with Gasteiger partial charge in [-0.25, -0.2) is 9.18 Å². The molecule has 21 heavy (non-hydrogen) atoms. The molecule has 0 aliphatic heterocycles. The first-order chi connectivity index (χ1) is 9.97. The minimum atomic E-state index is -0.892. The molecule has 0 spiro atoms. The Labute approximate surface area is 133 Å². The van der Waals surface area contributed by atoms with E-state index in [-0.39, 0.29) is 5.56 Å². The van der Waals surface area contributed by atoms with Crippen molar-refractivity contribution in [3.8, 4) is 0 Å². The Morgan fingerprint density at radius 2 is 1.81 bits per heavy atom. The van der Waals surface area contributed by atoms with Crippen molar-refractivity contribution < 1.29 is 18.7 Å². The lowest BCUT2D eigenvalue weighted by atomic mass is 10.1. The van der Waals surface area contributed by atoms with Crippen LogP contribution in [0.5, 0.6) is 0 Å². The van der Waals surface area contributed by atoms with Gasteiger partial charge in [-0.15, -0.1) is 0 Å². The number of esters is 1. The molecule has 0 aliphatic rings. The maximum Gasteiger partial charge on any atom is 0.341 e. The van der Waals surface area contributed by atoms with Crippen LogP contribution in [0.1, 0.15) is 20.7 Å². The van der Waals surface area contributed by atoms with E-state index in [2.05, 4.69) is 15.9 Å². The first-order valence-electron chi connectivity index (χ1n) is 5.88. The number of hydrogen-bond donors (Lipinski definition) is 0. The average molecular weight is 372 g/mol. The highest BCUT2D eigenvalue weighted by Gasteiger charge is 2.16. The highest BCUT2D eigenvalue weighted by Crippen LogP contribution is 2.17. The van der Waals surface area contributed by atoms with E-state index in [1.165, 1.54) is 24.3 Å². The lowest BCUT2D eigenvalue weighted by Crippen LogP contribution is -2.15. The Hall–Kier alpha value is -1.72. The van der Waals surface area contributed by atoms with Gasteiger partial charge in [-0.2, -0.15) is 0 Å². The van der Waals surface area contributed by atoms with Crippen LogP contribution < -0.4 is 0 Å². The first-order valence-corrected chi connectivity index (χ1v) is 7.05. The van der Waals surface area contributed by atoms with Crippen LogP contribution in [0.2, 0.25) is 5.02 Å². The third-order valence-corrected chi connectivity index (χ3v) is 3.39. The standard InChI is InChI=1S/C15H9BrClFO3/c16-10-3-6-13(18)12(7-10)15(20)21-8-14(19)9-1-4-11(17)5-2-9/h1-7H,8H2. The Morgan fingerprint density at radius 3 is 2.48 bits per heavy atom. The summed E-state index contributed by atoms with van der Waals surface area (Å²) in [6.07, 6.45) is 0. The fraction of sp³-hybridized carbons (Fsp3) is 0.0667. The number of carbonyl (C=O) groups excluding carboxylic acids is 2. The molecule has 0 radical (unpaired) electrons. The largest absolute Gasteiger partial charge is 0.454 e. The number of ketones is 1. The third-order valence-electron chi connectivity index (χ3n) is 2.65. The predicted molar refractivity (Wildman–Crippen MR) is 80.2 cm³/mol. The Morgan fingerprint density at radius 1 is 1.14 bits per heavy atom. The molecule has 0 saturated heterocycles. The van der Waals surface area contributed by atoms with E-state index >= 15 is 0 Å². The van der Waals surface area contributed by atoms with Crippen LogP contribution in [0.15, 0.2) is 46.9 Å². The Bertz CT molecular complexity index is 686. The summed E-state index contributed by atoms with van der Waals surface area (Å²) < 4.78 is 18.9. The zero-order valence-electron chi connectivity index (χ0n) is 10.6. The van der Waals surface area contributed by atoms with Crippen LogP contribution in [0, 0.1) is 5.82 Å². The number of benzene rings is 2. The van der Waals surface area contributed by atoms with Gasteiger partial charge in [0, 0.05) is 15.1 Å². The second-order valence-corrected chi connectivity index (χ2v) is 5.48. The number of Topliss-reactive ketones (excluding diaryl/α,β-unsaturated/α-hetero) is 1. The van der Waals surface area contributed by atoms with Gasteiger partial charge in [-0.3, -0.25) is 4.79 Å². The monoisotopic (exact) mass is 370 g/mol. The molecule has 2 aromatic carbocycles. The summed E-state index contributed by atoms with van der Waals surface area (Å²) >= 11 is 8.85. The molecule has 2 aromatic rings. The summed E-state index contributed by atoms with van der Waals surface area (Å²) in [6, 6.07) is 10.1. The summed E-state index contributed by atoms with van der Waals surface area (Å²) in [5.41, 5.74) is 0.134. The van der Waals surface area contributed by atoms with Crippen LogP contribution >= 0.6 is 27.5 Å². The summed E-state index contributed by atoms with van der Waals surface area (Å²) in [5, 5.41) is 0.500. The molecule has 0 saturated carbocycles. The van der Waals surface area contributed by atoms with Crippen molar-refractivity contribution in [2.75, 3.05) is 6.61 Å². The van der Waals surface area contributed by atoms with Gasteiger partial charge in [0.25, 0.3) is 0 Å². The molecule has 0 fully saturated rings. The fourth-order valence-electron chi connectivity index (χ4n) is 1.58. The lowest BCUT2D eigenvalue weighted by Gasteiger charge is -2.06. The van der Waals surface area contributed by atoms with Gasteiger partial charge in [0.1, 0.15) is 5.82 Å². The van der Waals surface area contributed by atoms with E-state index in [0.717, 1.165) is 6.07 Å². The normalized spacial score (nSPS) is 10.2. The van der Waals surface area contributed by atoms with Gasteiger partial charge in [-0.1, -0.05) is 27.5 Å². The summed E-state index contributed by atoms with van der Waals surface area (Å²) in [7, 11) is 0. The maximum atomic E-state index is 13.5. The van der Waals surface area contributed by atoms with Crippen LogP contribution in [-0.2, 0) is 4.74 Å². The number of carbonyl (C=O) groups is 2. The van der Waals surface area contributed by atoms with Crippen molar-refractivity contribution in [1.82, 2.24) is 0 Å². The molecule has 0 aliphatic carbocycles. The quantitative estimate of drug-likeness (QED) is 0.595. The highest BCUT2D eigenvalue weighted by molar-refractivity contribution is 9.10. The van der Waals surface area contributed by atoms with Gasteiger partial charge in [0.05, 0.1) is 5.56 Å². The molecule has 0 bridgehead atoms. The van der Waals surface area contributed by atoms with E-state index in [1.807, 2.05) is 0 Å². The number of ether oxygens (including phenoxy) is 1. The molecule has 0 atom stereocenters. The van der Waals surface area contributed by atoms with Gasteiger partial charge in [0.2, 0.25) is 0 Å². The van der Waals surface area contributed by atoms with E-state index in [0.29, 0.717) is 15.1 Å². The molecule has 0 aromatic heterocycles. The molecular weight excluding hydrogens is 363 g/mol. The molecule has 6 heteroatoms. The van der Waals surface area contributed by atoms with Crippen molar-refractivity contribution >= 4 is 39.3 Å². The van der Waals surface area contributed by atoms with E-state index in [1.54, 1.807) is 12.1 Å². The van der Waals surface area contributed by atoms with Gasteiger partial charge in [-0.05, 0) is 42.5 Å². The van der Waals surface area contributed by atoms with Crippen molar-refractivity contribution in [2.24, 2.45) is 0 Å². The van der Waals surface area contributed by atoms with Crippen molar-refractivity contribution in [1.29, 1.82) is 0 Å². The van der Waals surface area contributed by atoms with Gasteiger partial charge >= 0.3 is 5.97 Å². The van der Waals surface area contributed by atoms with E-state index in [9.17, 15) is 14.0 Å². The zero-order chi connectivity index (χ0) is 15.4. The Kier molecular flexibility index (Phi) is 5.09. The highest BCUT2D eigenvalue weighted by atomic mass is 79.9. The molecule has 0 unspecified atom stereocenters. The van der Waals surface area contributed by atoms with Gasteiger partial charge in [0.15, 0.2) is 12.4 Å². The smallest absolute Gasteiger partial charge is 0.341 e. The first kappa shape index (κ1) is 15.7. The minimum absolute atomic E-state index is 0.228. The van der Waals surface area contributed by atoms with Crippen molar-refractivity contribution in [3.63, 3.8) is 0 Å². The zero-order valence-corrected chi connectivity index (χ0v) is 12.9. The van der Waals surface area contributed by atoms with E-state index < -0.39 is 24.2 Å². The fourth-order valence-corrected chi connectivity index (χ4v) is 2.07. The third kappa shape index (κ3) is 4.12. The van der Waals surface area contributed by atoms with E-state index in [4.69, 9.17) is 16.3 Å². The molecule has 3 nitrogen and oxygen atoms in total. The second-order valence-electron chi connectivity index (χ2n) is 4.13. The Balaban J connectivity index is 2.02. The lowest BCUT2D eigenvalue weighted by molar-refractivity contribution is 0.0470. The van der Waals surface area contributed by atoms with Crippen LogP contribution in [0.3, 0.4) is 0 Å². The van der Waals surface area contributed by atoms with Crippen LogP contribution in [0.25, 0.3) is 0 Å². The van der Waals surface area contributed by atoms with Crippen molar-refractivity contribution in [3.05, 3.63) is 68.9 Å².